The Morgan fingerprint density at radius 1 is 0.929 bits per heavy atom. The second kappa shape index (κ2) is 12.8. The lowest BCUT2D eigenvalue weighted by molar-refractivity contribution is -0.137. The number of benzene rings is 1. The Morgan fingerprint density at radius 3 is 2.18 bits per heavy atom. The highest BCUT2D eigenvalue weighted by Gasteiger charge is 1.98. The van der Waals surface area contributed by atoms with Gasteiger partial charge in [0.15, 0.2) is 0 Å². The Balaban J connectivity index is 1.57. The van der Waals surface area contributed by atoms with Crippen LogP contribution in [0, 0.1) is 23.7 Å². The first kappa shape index (κ1) is 20.8. The van der Waals surface area contributed by atoms with E-state index >= 15 is 0 Å². The van der Waals surface area contributed by atoms with Crippen molar-refractivity contribution in [2.45, 2.75) is 25.7 Å². The van der Waals surface area contributed by atoms with E-state index in [9.17, 15) is 4.79 Å². The highest BCUT2D eigenvalue weighted by Crippen LogP contribution is 2.21. The number of aromatic nitrogens is 1. The number of pyridine rings is 1. The maximum absolute atomic E-state index is 10.8. The quantitative estimate of drug-likeness (QED) is 0.282. The summed E-state index contributed by atoms with van der Waals surface area (Å²) >= 11 is 0. The molecule has 0 N–H and O–H groups in total. The Labute approximate surface area is 166 Å². The van der Waals surface area contributed by atoms with Gasteiger partial charge in [0.2, 0.25) is 0 Å². The lowest BCUT2D eigenvalue weighted by Crippen LogP contribution is -2.01. The highest BCUT2D eigenvalue weighted by molar-refractivity contribution is 5.81. The van der Waals surface area contributed by atoms with Gasteiger partial charge in [0, 0.05) is 31.3 Å². The molecule has 0 radical (unpaired) electrons. The minimum atomic E-state index is -0.403. The number of nitrogens with zero attached hydrogens (tertiary/aromatic N) is 1. The van der Waals surface area contributed by atoms with Crippen molar-refractivity contribution >= 4 is 5.97 Å². The SMILES string of the molecule is C=CC(=O)OCCCC#CC#CCCCOc1ccc(-c2ccncc2)cc1. The smallest absolute Gasteiger partial charge is 0.330 e. The van der Waals surface area contributed by atoms with Crippen LogP contribution in [0.4, 0.5) is 0 Å². The predicted molar refractivity (Wildman–Crippen MR) is 110 cm³/mol. The molecule has 0 saturated heterocycles. The van der Waals surface area contributed by atoms with Gasteiger partial charge in [-0.25, -0.2) is 4.79 Å². The molecule has 2 rings (SSSR count). The average molecular weight is 373 g/mol. The van der Waals surface area contributed by atoms with Gasteiger partial charge in [-0.3, -0.25) is 4.98 Å². The van der Waals surface area contributed by atoms with Gasteiger partial charge in [-0.1, -0.05) is 30.6 Å². The lowest BCUT2D eigenvalue weighted by atomic mass is 10.1. The molecule has 2 aromatic rings. The molecule has 0 fully saturated rings. The number of ether oxygens (including phenoxy) is 2. The summed E-state index contributed by atoms with van der Waals surface area (Å²) < 4.78 is 10.6. The average Bonchev–Trinajstić information content (AvgIpc) is 2.75. The summed E-state index contributed by atoms with van der Waals surface area (Å²) in [6.45, 7) is 4.30. The van der Waals surface area contributed by atoms with Crippen molar-refractivity contribution in [2.24, 2.45) is 0 Å². The van der Waals surface area contributed by atoms with Crippen LogP contribution in [-0.4, -0.2) is 24.2 Å². The third kappa shape index (κ3) is 8.25. The summed E-state index contributed by atoms with van der Waals surface area (Å²) in [4.78, 5) is 14.9. The van der Waals surface area contributed by atoms with E-state index in [4.69, 9.17) is 9.47 Å². The van der Waals surface area contributed by atoms with E-state index in [2.05, 4.69) is 35.2 Å². The molecule has 0 aliphatic rings. The van der Waals surface area contributed by atoms with Crippen molar-refractivity contribution in [3.63, 3.8) is 0 Å². The normalized spacial score (nSPS) is 9.29. The van der Waals surface area contributed by atoms with Crippen molar-refractivity contribution in [1.82, 2.24) is 4.98 Å². The first-order chi connectivity index (χ1) is 13.8. The fourth-order valence-corrected chi connectivity index (χ4v) is 2.24. The lowest BCUT2D eigenvalue weighted by Gasteiger charge is -2.06. The Kier molecular flexibility index (Phi) is 9.50. The summed E-state index contributed by atoms with van der Waals surface area (Å²) in [5.41, 5.74) is 2.27. The van der Waals surface area contributed by atoms with Crippen LogP contribution in [0.25, 0.3) is 11.1 Å². The number of rotatable bonds is 9. The van der Waals surface area contributed by atoms with Gasteiger partial charge in [-0.05, 0) is 60.1 Å². The summed E-state index contributed by atoms with van der Waals surface area (Å²) in [5, 5.41) is 0. The molecule has 1 aromatic carbocycles. The number of unbranched alkanes of at least 4 members (excludes halogenated alkanes) is 2. The molecule has 0 spiro atoms. The van der Waals surface area contributed by atoms with Crippen LogP contribution in [0.2, 0.25) is 0 Å². The summed E-state index contributed by atoms with van der Waals surface area (Å²) in [6, 6.07) is 12.0. The minimum absolute atomic E-state index is 0.355. The van der Waals surface area contributed by atoms with Crippen LogP contribution in [0.5, 0.6) is 5.75 Å². The van der Waals surface area contributed by atoms with Crippen LogP contribution in [-0.2, 0) is 9.53 Å². The standard InChI is InChI=1S/C24H23NO3/c1-2-24(26)28-20-10-8-6-4-3-5-7-9-19-27-23-13-11-21(12-14-23)22-15-17-25-18-16-22/h2,11-18H,1,7-10,19-20H2. The molecular formula is C24H23NO3. The molecule has 0 saturated carbocycles. The third-order valence-corrected chi connectivity index (χ3v) is 3.68. The number of carbonyl (C=O) groups is 1. The van der Waals surface area contributed by atoms with Gasteiger partial charge in [-0.15, -0.1) is 0 Å². The highest BCUT2D eigenvalue weighted by atomic mass is 16.5. The van der Waals surface area contributed by atoms with E-state index in [0.29, 0.717) is 26.1 Å². The van der Waals surface area contributed by atoms with Crippen molar-refractivity contribution in [2.75, 3.05) is 13.2 Å². The summed E-state index contributed by atoms with van der Waals surface area (Å²) in [6.07, 6.45) is 7.65. The second-order valence-electron chi connectivity index (χ2n) is 5.79. The van der Waals surface area contributed by atoms with Crippen molar-refractivity contribution < 1.29 is 14.3 Å². The van der Waals surface area contributed by atoms with Gasteiger partial charge in [0.1, 0.15) is 5.75 Å². The van der Waals surface area contributed by atoms with Gasteiger partial charge < -0.3 is 9.47 Å². The molecule has 4 heteroatoms. The fraction of sp³-hybridized carbons (Fsp3) is 0.250. The largest absolute Gasteiger partial charge is 0.494 e. The topological polar surface area (TPSA) is 48.4 Å². The van der Waals surface area contributed by atoms with E-state index in [-0.39, 0.29) is 0 Å². The van der Waals surface area contributed by atoms with E-state index in [0.717, 1.165) is 35.8 Å². The molecule has 0 bridgehead atoms. The number of esters is 1. The molecule has 0 unspecified atom stereocenters. The van der Waals surface area contributed by atoms with Crippen LogP contribution in [0.1, 0.15) is 25.7 Å². The number of hydrogen-bond donors (Lipinski definition) is 0. The zero-order valence-electron chi connectivity index (χ0n) is 15.8. The number of hydrogen-bond acceptors (Lipinski definition) is 4. The molecule has 0 atom stereocenters. The summed E-state index contributed by atoms with van der Waals surface area (Å²) in [7, 11) is 0. The molecule has 142 valence electrons. The molecule has 28 heavy (non-hydrogen) atoms. The third-order valence-electron chi connectivity index (χ3n) is 3.68. The molecule has 0 aliphatic carbocycles. The van der Waals surface area contributed by atoms with Gasteiger partial charge in [-0.2, -0.15) is 0 Å². The Hall–Kier alpha value is -3.50. The van der Waals surface area contributed by atoms with E-state index in [1.54, 1.807) is 12.4 Å². The monoisotopic (exact) mass is 373 g/mol. The molecule has 0 aliphatic heterocycles. The zero-order chi connectivity index (χ0) is 19.9. The molecule has 1 aromatic heterocycles. The number of carbonyl (C=O) groups excluding carboxylic acids is 1. The van der Waals surface area contributed by atoms with Crippen LogP contribution in [0.15, 0.2) is 61.4 Å². The molecule has 0 amide bonds. The van der Waals surface area contributed by atoms with Crippen molar-refractivity contribution in [3.8, 4) is 40.6 Å². The Morgan fingerprint density at radius 2 is 1.54 bits per heavy atom. The second-order valence-corrected chi connectivity index (χ2v) is 5.79. The fourth-order valence-electron chi connectivity index (χ4n) is 2.24. The van der Waals surface area contributed by atoms with Gasteiger partial charge >= 0.3 is 5.97 Å². The molecule has 4 nitrogen and oxygen atoms in total. The van der Waals surface area contributed by atoms with Crippen LogP contribution < -0.4 is 4.74 Å². The minimum Gasteiger partial charge on any atom is -0.494 e. The van der Waals surface area contributed by atoms with Gasteiger partial charge in [0.25, 0.3) is 0 Å². The maximum atomic E-state index is 10.8. The first-order valence-electron chi connectivity index (χ1n) is 9.18. The van der Waals surface area contributed by atoms with E-state index in [1.807, 2.05) is 36.4 Å². The zero-order valence-corrected chi connectivity index (χ0v) is 15.8. The predicted octanol–water partition coefficient (Wildman–Crippen LogP) is 4.42. The van der Waals surface area contributed by atoms with Crippen LogP contribution in [0.3, 0.4) is 0 Å². The first-order valence-corrected chi connectivity index (χ1v) is 9.18. The molecule has 1 heterocycles. The van der Waals surface area contributed by atoms with E-state index < -0.39 is 5.97 Å². The summed E-state index contributed by atoms with van der Waals surface area (Å²) in [5.74, 6) is 12.0. The van der Waals surface area contributed by atoms with Crippen LogP contribution >= 0.6 is 0 Å². The van der Waals surface area contributed by atoms with Crippen molar-refractivity contribution in [1.29, 1.82) is 0 Å². The Bertz CT molecular complexity index is 865. The molecular weight excluding hydrogens is 350 g/mol. The maximum Gasteiger partial charge on any atom is 0.330 e. The van der Waals surface area contributed by atoms with Crippen molar-refractivity contribution in [3.05, 3.63) is 61.4 Å². The van der Waals surface area contributed by atoms with Gasteiger partial charge in [0.05, 0.1) is 13.2 Å². The van der Waals surface area contributed by atoms with E-state index in [1.165, 1.54) is 0 Å².